The van der Waals surface area contributed by atoms with Gasteiger partial charge < -0.3 is 27.9 Å². The molecule has 0 heterocycles. The van der Waals surface area contributed by atoms with Crippen LogP contribution < -0.4 is 4.89 Å². The smallest absolute Gasteiger partial charge is 0.305 e. The summed E-state index contributed by atoms with van der Waals surface area (Å²) in [6.45, 7) is 4.67. The fraction of sp³-hybridized carbons (Fsp3) is 0.812. The Labute approximate surface area is 352 Å². The van der Waals surface area contributed by atoms with Crippen LogP contribution in [0.1, 0.15) is 200 Å². The summed E-state index contributed by atoms with van der Waals surface area (Å²) >= 11 is 0. The maximum atomic E-state index is 12.5. The van der Waals surface area contributed by atoms with E-state index in [9.17, 15) is 14.3 Å². The van der Waals surface area contributed by atoms with Gasteiger partial charge in [-0.1, -0.05) is 153 Å². The second-order valence-corrected chi connectivity index (χ2v) is 18.2. The lowest BCUT2D eigenvalue weighted by Gasteiger charge is -2.28. The van der Waals surface area contributed by atoms with Gasteiger partial charge in [-0.3, -0.25) is 9.36 Å². The van der Waals surface area contributed by atoms with Crippen LogP contribution in [-0.4, -0.2) is 64.1 Å². The van der Waals surface area contributed by atoms with Gasteiger partial charge in [-0.25, -0.2) is 0 Å². The zero-order valence-corrected chi connectivity index (χ0v) is 38.7. The van der Waals surface area contributed by atoms with Crippen LogP contribution in [0.25, 0.3) is 0 Å². The molecule has 0 spiro atoms. The molecule has 0 aromatic carbocycles. The quantitative estimate of drug-likeness (QED) is 0.0151. The summed E-state index contributed by atoms with van der Waals surface area (Å²) < 4.78 is 34.4. The van der Waals surface area contributed by atoms with Crippen LogP contribution in [0, 0.1) is 0 Å². The van der Waals surface area contributed by atoms with Crippen LogP contribution in [0.15, 0.2) is 48.8 Å². The van der Waals surface area contributed by atoms with Crippen LogP contribution in [0.4, 0.5) is 0 Å². The Balaban J connectivity index is 4.25. The van der Waals surface area contributed by atoms with Crippen molar-refractivity contribution in [2.24, 2.45) is 0 Å². The first kappa shape index (κ1) is 55.3. The van der Waals surface area contributed by atoms with E-state index >= 15 is 0 Å². The summed E-state index contributed by atoms with van der Waals surface area (Å²) in [5.41, 5.74) is 0. The van der Waals surface area contributed by atoms with Gasteiger partial charge >= 0.3 is 5.97 Å². The number of phosphoric ester groups is 1. The number of rotatable bonds is 43. The summed E-state index contributed by atoms with van der Waals surface area (Å²) in [5.74, 6) is -0.300. The third kappa shape index (κ3) is 45.2. The molecule has 0 N–H and O–H groups in total. The number of phosphoric acid groups is 1. The van der Waals surface area contributed by atoms with Crippen molar-refractivity contribution >= 4 is 13.8 Å². The van der Waals surface area contributed by atoms with Gasteiger partial charge in [0.15, 0.2) is 6.10 Å². The highest BCUT2D eigenvalue weighted by atomic mass is 31.2. The van der Waals surface area contributed by atoms with E-state index < -0.39 is 13.9 Å². The van der Waals surface area contributed by atoms with Gasteiger partial charge in [0, 0.05) is 6.42 Å². The normalized spacial score (nSPS) is 14.1. The molecule has 0 amide bonds. The van der Waals surface area contributed by atoms with E-state index in [4.69, 9.17) is 18.5 Å². The maximum Gasteiger partial charge on any atom is 0.305 e. The first-order chi connectivity index (χ1) is 27.6. The third-order valence-electron chi connectivity index (χ3n) is 9.94. The Bertz CT molecular complexity index is 1050. The molecule has 0 bridgehead atoms. The summed E-state index contributed by atoms with van der Waals surface area (Å²) in [4.78, 5) is 24.9. The van der Waals surface area contributed by atoms with Crippen molar-refractivity contribution in [3.63, 3.8) is 0 Å². The zero-order chi connectivity index (χ0) is 42.0. The number of carbonyl (C=O) groups excluding carboxylic acids is 1. The number of hydrogen-bond donors (Lipinski definition) is 0. The monoisotopic (exact) mass is 824 g/mol. The highest BCUT2D eigenvalue weighted by Crippen LogP contribution is 2.38. The summed E-state index contributed by atoms with van der Waals surface area (Å²) in [7, 11) is 1.35. The molecule has 9 heteroatoms. The van der Waals surface area contributed by atoms with E-state index in [-0.39, 0.29) is 25.8 Å². The number of carbonyl (C=O) groups is 1. The zero-order valence-electron chi connectivity index (χ0n) is 37.8. The lowest BCUT2D eigenvalue weighted by Crippen LogP contribution is -2.37. The van der Waals surface area contributed by atoms with Crippen molar-refractivity contribution in [2.75, 3.05) is 47.5 Å². The van der Waals surface area contributed by atoms with Crippen molar-refractivity contribution in [1.82, 2.24) is 0 Å². The largest absolute Gasteiger partial charge is 0.756 e. The van der Waals surface area contributed by atoms with E-state index in [0.29, 0.717) is 17.4 Å². The molecule has 0 saturated carbocycles. The molecule has 334 valence electrons. The van der Waals surface area contributed by atoms with Crippen molar-refractivity contribution in [3.05, 3.63) is 48.8 Å². The van der Waals surface area contributed by atoms with E-state index in [2.05, 4.69) is 50.3 Å². The standard InChI is InChI=1S/C48H90NO7P/c1-6-8-10-12-14-16-18-20-22-24-25-26-27-29-31-33-35-37-39-41-48(50)54-45-47(46-56-57(51,52)55-44-42-49(3,4)5)53-43-40-38-36-34-32-30-28-23-21-19-17-15-13-11-9-7-2/h14,16,20-23,40,43,47H,6-13,15,17-19,24-39,41-42,44-46H2,1-5H3/b16-14-,22-20-,23-21-,43-40-. The molecule has 0 aromatic rings. The molecule has 0 saturated heterocycles. The molecule has 57 heavy (non-hydrogen) atoms. The van der Waals surface area contributed by atoms with Crippen molar-refractivity contribution < 1.29 is 37.3 Å². The average Bonchev–Trinajstić information content (AvgIpc) is 3.17. The molecule has 2 atom stereocenters. The predicted molar refractivity (Wildman–Crippen MR) is 240 cm³/mol. The number of likely N-dealkylation sites (N-methyl/N-ethyl adjacent to an activating group) is 1. The van der Waals surface area contributed by atoms with Crippen molar-refractivity contribution in [1.29, 1.82) is 0 Å². The van der Waals surface area contributed by atoms with Gasteiger partial charge in [-0.2, -0.15) is 0 Å². The molecular weight excluding hydrogens is 734 g/mol. The molecule has 0 fully saturated rings. The third-order valence-corrected chi connectivity index (χ3v) is 10.9. The van der Waals surface area contributed by atoms with E-state index in [1.165, 1.54) is 128 Å². The highest BCUT2D eigenvalue weighted by molar-refractivity contribution is 7.45. The Morgan fingerprint density at radius 3 is 1.49 bits per heavy atom. The molecule has 0 aromatic heterocycles. The Hall–Kier alpha value is -1.70. The number of esters is 1. The summed E-state index contributed by atoms with van der Waals surface area (Å²) in [6.07, 6.45) is 50.8. The lowest BCUT2D eigenvalue weighted by atomic mass is 10.1. The topological polar surface area (TPSA) is 94.1 Å². The number of quaternary nitrogens is 1. The summed E-state index contributed by atoms with van der Waals surface area (Å²) in [6, 6.07) is 0. The van der Waals surface area contributed by atoms with Crippen molar-refractivity contribution in [3.8, 4) is 0 Å². The minimum absolute atomic E-state index is 0.0236. The molecule has 8 nitrogen and oxygen atoms in total. The Morgan fingerprint density at radius 2 is 0.982 bits per heavy atom. The van der Waals surface area contributed by atoms with Crippen LogP contribution >= 0.6 is 7.82 Å². The van der Waals surface area contributed by atoms with Crippen LogP contribution in [0.5, 0.6) is 0 Å². The van der Waals surface area contributed by atoms with Gasteiger partial charge in [-0.05, 0) is 83.1 Å². The SMILES string of the molecule is CCCCC/C=C\C/C=C\CCCCCCCCCCCC(=O)OCC(COP(=O)([O-])OCC[N+](C)(C)C)O/C=C\CCCCCC/C=C\CCCCCCCC. The predicted octanol–water partition coefficient (Wildman–Crippen LogP) is 13.7. The Morgan fingerprint density at radius 1 is 0.561 bits per heavy atom. The second kappa shape index (κ2) is 41.1. The van der Waals surface area contributed by atoms with Crippen LogP contribution in [0.2, 0.25) is 0 Å². The second-order valence-electron chi connectivity index (χ2n) is 16.8. The number of hydrogen-bond acceptors (Lipinski definition) is 7. The molecule has 0 radical (unpaired) electrons. The molecule has 0 aliphatic heterocycles. The molecule has 0 rings (SSSR count). The number of ether oxygens (including phenoxy) is 2. The van der Waals surface area contributed by atoms with Crippen LogP contribution in [0.3, 0.4) is 0 Å². The van der Waals surface area contributed by atoms with Gasteiger partial charge in [0.05, 0.1) is 34.0 Å². The number of unbranched alkanes of at least 4 members (excludes halogenated alkanes) is 23. The Kier molecular flexibility index (Phi) is 39.8. The summed E-state index contributed by atoms with van der Waals surface area (Å²) in [5, 5.41) is 0. The van der Waals surface area contributed by atoms with Gasteiger partial charge in [-0.15, -0.1) is 0 Å². The fourth-order valence-electron chi connectivity index (χ4n) is 6.20. The minimum atomic E-state index is -4.52. The number of allylic oxidation sites excluding steroid dienone is 7. The van der Waals surface area contributed by atoms with Gasteiger partial charge in [0.2, 0.25) is 0 Å². The van der Waals surface area contributed by atoms with E-state index in [1.807, 2.05) is 27.2 Å². The van der Waals surface area contributed by atoms with Gasteiger partial charge in [0.25, 0.3) is 7.82 Å². The van der Waals surface area contributed by atoms with Crippen LogP contribution in [-0.2, 0) is 27.9 Å². The first-order valence-corrected chi connectivity index (χ1v) is 24.9. The van der Waals surface area contributed by atoms with E-state index in [1.54, 1.807) is 6.26 Å². The molecular formula is C48H90NO7P. The highest BCUT2D eigenvalue weighted by Gasteiger charge is 2.19. The maximum absolute atomic E-state index is 12.5. The first-order valence-electron chi connectivity index (χ1n) is 23.4. The molecule has 0 aliphatic rings. The lowest BCUT2D eigenvalue weighted by molar-refractivity contribution is -0.870. The minimum Gasteiger partial charge on any atom is -0.756 e. The fourth-order valence-corrected chi connectivity index (χ4v) is 6.93. The molecule has 0 aliphatic carbocycles. The van der Waals surface area contributed by atoms with E-state index in [0.717, 1.165) is 51.4 Å². The molecule has 2 unspecified atom stereocenters. The average molecular weight is 824 g/mol. The van der Waals surface area contributed by atoms with Gasteiger partial charge in [0.1, 0.15) is 19.8 Å². The number of nitrogens with zero attached hydrogens (tertiary/aromatic N) is 1. The van der Waals surface area contributed by atoms with Crippen molar-refractivity contribution in [2.45, 2.75) is 206 Å².